The molecule has 0 aliphatic rings. The first-order valence-corrected chi connectivity index (χ1v) is 10.2. The van der Waals surface area contributed by atoms with Gasteiger partial charge in [-0.1, -0.05) is 42.5 Å². The Kier molecular flexibility index (Phi) is 8.39. The van der Waals surface area contributed by atoms with E-state index in [0.29, 0.717) is 5.56 Å². The van der Waals surface area contributed by atoms with Crippen LogP contribution in [0.15, 0.2) is 77.9 Å². The van der Waals surface area contributed by atoms with E-state index in [1.165, 1.54) is 36.5 Å². The van der Waals surface area contributed by atoms with Crippen LogP contribution in [0.25, 0.3) is 0 Å². The number of rotatable bonds is 10. The third-order valence-electron chi connectivity index (χ3n) is 4.55. The number of hydrazone groups is 1. The predicted octanol–water partition coefficient (Wildman–Crippen LogP) is 4.18. The summed E-state index contributed by atoms with van der Waals surface area (Å²) in [5.41, 5.74) is 3.28. The summed E-state index contributed by atoms with van der Waals surface area (Å²) in [6.45, 7) is 0.176. The normalized spacial score (nSPS) is 10.6. The monoisotopic (exact) mass is 464 g/mol. The van der Waals surface area contributed by atoms with Gasteiger partial charge < -0.3 is 10.1 Å². The van der Waals surface area contributed by atoms with Gasteiger partial charge in [-0.05, 0) is 29.8 Å². The molecule has 3 aromatic carbocycles. The molecule has 0 bridgehead atoms. The van der Waals surface area contributed by atoms with Gasteiger partial charge in [-0.2, -0.15) is 5.10 Å². The van der Waals surface area contributed by atoms with Crippen LogP contribution >= 0.6 is 0 Å². The molecule has 0 aliphatic carbocycles. The molecule has 0 saturated carbocycles. The zero-order chi connectivity index (χ0) is 24.3. The molecule has 2 amide bonds. The lowest BCUT2D eigenvalue weighted by Gasteiger charge is -2.07. The van der Waals surface area contributed by atoms with Crippen molar-refractivity contribution in [2.75, 3.05) is 5.32 Å². The molecule has 0 radical (unpaired) electrons. The first kappa shape index (κ1) is 24.1. The molecular formula is C24H21FN4O5. The van der Waals surface area contributed by atoms with E-state index >= 15 is 0 Å². The van der Waals surface area contributed by atoms with Gasteiger partial charge in [0.1, 0.15) is 12.4 Å². The molecule has 174 valence electrons. The second-order valence-electron chi connectivity index (χ2n) is 7.08. The Morgan fingerprint density at radius 2 is 1.71 bits per heavy atom. The maximum absolute atomic E-state index is 13.5. The van der Waals surface area contributed by atoms with Crippen LogP contribution in [0.5, 0.6) is 5.75 Å². The Bertz CT molecular complexity index is 1200. The van der Waals surface area contributed by atoms with Crippen LogP contribution in [0.1, 0.15) is 24.0 Å². The van der Waals surface area contributed by atoms with E-state index in [1.807, 2.05) is 30.3 Å². The minimum Gasteiger partial charge on any atom is -0.482 e. The van der Waals surface area contributed by atoms with E-state index in [0.717, 1.165) is 5.56 Å². The molecule has 0 spiro atoms. The Morgan fingerprint density at radius 1 is 1.00 bits per heavy atom. The number of nitro groups is 1. The molecule has 0 unspecified atom stereocenters. The van der Waals surface area contributed by atoms with Gasteiger partial charge in [0.2, 0.25) is 11.8 Å². The zero-order valence-corrected chi connectivity index (χ0v) is 17.9. The van der Waals surface area contributed by atoms with E-state index in [9.17, 15) is 24.1 Å². The third-order valence-corrected chi connectivity index (χ3v) is 4.55. The summed E-state index contributed by atoms with van der Waals surface area (Å²) in [6, 6.07) is 19.2. The molecule has 0 atom stereocenters. The van der Waals surface area contributed by atoms with Crippen molar-refractivity contribution in [2.24, 2.45) is 5.10 Å². The van der Waals surface area contributed by atoms with E-state index < -0.39 is 22.6 Å². The van der Waals surface area contributed by atoms with Crippen molar-refractivity contribution in [1.29, 1.82) is 0 Å². The molecule has 3 rings (SSSR count). The second kappa shape index (κ2) is 11.9. The van der Waals surface area contributed by atoms with Crippen molar-refractivity contribution in [3.8, 4) is 5.75 Å². The van der Waals surface area contributed by atoms with Crippen LogP contribution in [0.2, 0.25) is 0 Å². The first-order valence-electron chi connectivity index (χ1n) is 10.2. The summed E-state index contributed by atoms with van der Waals surface area (Å²) in [7, 11) is 0. The largest absolute Gasteiger partial charge is 0.482 e. The molecule has 0 aliphatic heterocycles. The number of hydrogen-bond acceptors (Lipinski definition) is 6. The van der Waals surface area contributed by atoms with Crippen molar-refractivity contribution in [2.45, 2.75) is 19.4 Å². The van der Waals surface area contributed by atoms with Crippen molar-refractivity contribution in [3.63, 3.8) is 0 Å². The number of ether oxygens (including phenoxy) is 1. The predicted molar refractivity (Wildman–Crippen MR) is 124 cm³/mol. The highest BCUT2D eigenvalue weighted by Gasteiger charge is 2.16. The number of nitrogens with zero attached hydrogens (tertiary/aromatic N) is 2. The molecular weight excluding hydrogens is 443 g/mol. The Morgan fingerprint density at radius 3 is 2.44 bits per heavy atom. The second-order valence-corrected chi connectivity index (χ2v) is 7.08. The van der Waals surface area contributed by atoms with Crippen LogP contribution in [0.3, 0.4) is 0 Å². The highest BCUT2D eigenvalue weighted by molar-refractivity contribution is 5.93. The molecule has 3 aromatic rings. The van der Waals surface area contributed by atoms with E-state index in [2.05, 4.69) is 15.8 Å². The summed E-state index contributed by atoms with van der Waals surface area (Å²) >= 11 is 0. The Labute approximate surface area is 194 Å². The highest BCUT2D eigenvalue weighted by atomic mass is 19.1. The van der Waals surface area contributed by atoms with Crippen LogP contribution in [0.4, 0.5) is 15.8 Å². The fraction of sp³-hybridized carbons (Fsp3) is 0.125. The Hall–Kier alpha value is -4.60. The topological polar surface area (TPSA) is 123 Å². The summed E-state index contributed by atoms with van der Waals surface area (Å²) in [5.74, 6) is -1.53. The SMILES string of the molecule is O=C(CCC(=O)Nc1ccccc1F)NN=Cc1ccc(OCc2ccccc2)c([N+](=O)[O-])c1. The summed E-state index contributed by atoms with van der Waals surface area (Å²) in [4.78, 5) is 34.6. The summed E-state index contributed by atoms with van der Waals surface area (Å²) < 4.78 is 19.1. The van der Waals surface area contributed by atoms with Crippen molar-refractivity contribution < 1.29 is 23.6 Å². The van der Waals surface area contributed by atoms with Gasteiger partial charge in [-0.25, -0.2) is 9.82 Å². The lowest BCUT2D eigenvalue weighted by atomic mass is 10.2. The summed E-state index contributed by atoms with van der Waals surface area (Å²) in [5, 5.41) is 17.6. The number of hydrogen-bond donors (Lipinski definition) is 2. The number of nitrogens with one attached hydrogen (secondary N) is 2. The third kappa shape index (κ3) is 7.23. The van der Waals surface area contributed by atoms with Crippen LogP contribution in [-0.4, -0.2) is 23.0 Å². The van der Waals surface area contributed by atoms with Gasteiger partial charge in [0, 0.05) is 24.5 Å². The standard InChI is InChI=1S/C24H21FN4O5/c25-19-8-4-5-9-20(19)27-23(30)12-13-24(31)28-26-15-18-10-11-22(21(14-18)29(32)33)34-16-17-6-2-1-3-7-17/h1-11,14-15H,12-13,16H2,(H,27,30)(H,28,31). The Balaban J connectivity index is 1.50. The number of amides is 2. The average Bonchev–Trinajstić information content (AvgIpc) is 2.84. The molecule has 0 heterocycles. The molecule has 2 N–H and O–H groups in total. The molecule has 0 aromatic heterocycles. The fourth-order valence-electron chi connectivity index (χ4n) is 2.85. The number of carbonyl (C=O) groups excluding carboxylic acids is 2. The molecule has 34 heavy (non-hydrogen) atoms. The van der Waals surface area contributed by atoms with Crippen molar-refractivity contribution in [3.05, 3.63) is 99.9 Å². The summed E-state index contributed by atoms with van der Waals surface area (Å²) in [6.07, 6.45) is 0.893. The van der Waals surface area contributed by atoms with Crippen molar-refractivity contribution >= 4 is 29.4 Å². The molecule has 0 fully saturated rings. The van der Waals surface area contributed by atoms with Crippen LogP contribution in [0, 0.1) is 15.9 Å². The highest BCUT2D eigenvalue weighted by Crippen LogP contribution is 2.28. The number of carbonyl (C=O) groups is 2. The number of halogens is 1. The lowest BCUT2D eigenvalue weighted by Crippen LogP contribution is -2.21. The maximum Gasteiger partial charge on any atom is 0.311 e. The van der Waals surface area contributed by atoms with Gasteiger partial charge in [-0.15, -0.1) is 0 Å². The molecule has 10 heteroatoms. The van der Waals surface area contributed by atoms with Gasteiger partial charge in [0.15, 0.2) is 5.75 Å². The van der Waals surface area contributed by atoms with Crippen molar-refractivity contribution in [1.82, 2.24) is 5.43 Å². The smallest absolute Gasteiger partial charge is 0.311 e. The minimum absolute atomic E-state index is 0.0312. The molecule has 0 saturated heterocycles. The minimum atomic E-state index is -0.574. The van der Waals surface area contributed by atoms with Gasteiger partial charge in [-0.3, -0.25) is 19.7 Å². The van der Waals surface area contributed by atoms with E-state index in [1.54, 1.807) is 12.1 Å². The number of anilines is 1. The van der Waals surface area contributed by atoms with E-state index in [-0.39, 0.29) is 36.6 Å². The number of nitro benzene ring substituents is 1. The zero-order valence-electron chi connectivity index (χ0n) is 17.9. The fourth-order valence-corrected chi connectivity index (χ4v) is 2.85. The average molecular weight is 464 g/mol. The van der Waals surface area contributed by atoms with Gasteiger partial charge >= 0.3 is 5.69 Å². The quantitative estimate of drug-likeness (QED) is 0.265. The maximum atomic E-state index is 13.5. The number of benzene rings is 3. The van der Waals surface area contributed by atoms with Gasteiger partial charge in [0.05, 0.1) is 16.8 Å². The molecule has 9 nitrogen and oxygen atoms in total. The van der Waals surface area contributed by atoms with Gasteiger partial charge in [0.25, 0.3) is 0 Å². The van der Waals surface area contributed by atoms with E-state index in [4.69, 9.17) is 4.74 Å². The first-order chi connectivity index (χ1) is 16.4. The van der Waals surface area contributed by atoms with Crippen LogP contribution < -0.4 is 15.5 Å². The number of para-hydroxylation sites is 1. The lowest BCUT2D eigenvalue weighted by molar-refractivity contribution is -0.385. The van der Waals surface area contributed by atoms with Crippen LogP contribution in [-0.2, 0) is 16.2 Å².